The zero-order chi connectivity index (χ0) is 11.8. The van der Waals surface area contributed by atoms with Crippen molar-refractivity contribution in [2.75, 3.05) is 19.6 Å². The van der Waals surface area contributed by atoms with Crippen LogP contribution in [-0.4, -0.2) is 30.6 Å². The molecule has 17 heavy (non-hydrogen) atoms. The maximum absolute atomic E-state index is 12.8. The first kappa shape index (κ1) is 11.2. The fourth-order valence-corrected chi connectivity index (χ4v) is 3.29. The van der Waals surface area contributed by atoms with Gasteiger partial charge >= 0.3 is 0 Å². The van der Waals surface area contributed by atoms with Gasteiger partial charge in [0.05, 0.1) is 0 Å². The molecule has 0 aromatic heterocycles. The van der Waals surface area contributed by atoms with Crippen LogP contribution in [0.5, 0.6) is 0 Å². The van der Waals surface area contributed by atoms with Gasteiger partial charge in [0.15, 0.2) is 0 Å². The molecule has 3 rings (SSSR count). The first-order valence-corrected chi connectivity index (χ1v) is 6.43. The molecule has 2 nitrogen and oxygen atoms in total. The highest BCUT2D eigenvalue weighted by Crippen LogP contribution is 2.33. The predicted octanol–water partition coefficient (Wildman–Crippen LogP) is 1.87. The third-order valence-electron chi connectivity index (χ3n) is 4.36. The van der Waals surface area contributed by atoms with E-state index in [0.717, 1.165) is 31.5 Å². The molecule has 1 aromatic carbocycles. The quantitative estimate of drug-likeness (QED) is 0.840. The Balaban J connectivity index is 1.68. The molecule has 0 aliphatic carbocycles. The number of fused-ring (bicyclic) bond motifs is 1. The molecule has 1 N–H and O–H groups in total. The number of hydrogen-bond acceptors (Lipinski definition) is 2. The van der Waals surface area contributed by atoms with Crippen molar-refractivity contribution in [1.29, 1.82) is 0 Å². The van der Waals surface area contributed by atoms with Crippen LogP contribution >= 0.6 is 0 Å². The molecule has 0 amide bonds. The van der Waals surface area contributed by atoms with Crippen molar-refractivity contribution in [3.63, 3.8) is 0 Å². The minimum Gasteiger partial charge on any atom is -0.316 e. The van der Waals surface area contributed by atoms with E-state index in [1.807, 2.05) is 12.1 Å². The highest BCUT2D eigenvalue weighted by molar-refractivity contribution is 5.16. The van der Waals surface area contributed by atoms with Gasteiger partial charge in [-0.05, 0) is 49.5 Å². The molecule has 2 saturated heterocycles. The van der Waals surface area contributed by atoms with E-state index in [-0.39, 0.29) is 5.82 Å². The standard InChI is InChI=1S/C14H19FN2/c1-10-14-7-16-6-12(14)9-17(10)8-11-2-4-13(15)5-3-11/h2-5,10,12,14,16H,6-9H2,1H3. The summed E-state index contributed by atoms with van der Waals surface area (Å²) in [6.45, 7) is 6.77. The number of nitrogens with zero attached hydrogens (tertiary/aromatic N) is 1. The maximum atomic E-state index is 12.8. The Morgan fingerprint density at radius 2 is 2.06 bits per heavy atom. The van der Waals surface area contributed by atoms with Gasteiger partial charge in [0.2, 0.25) is 0 Å². The van der Waals surface area contributed by atoms with Crippen molar-refractivity contribution < 1.29 is 4.39 Å². The molecular weight excluding hydrogens is 215 g/mol. The lowest BCUT2D eigenvalue weighted by molar-refractivity contribution is 0.231. The third-order valence-corrected chi connectivity index (χ3v) is 4.36. The molecule has 2 fully saturated rings. The normalized spacial score (nSPS) is 32.9. The average Bonchev–Trinajstić information content (AvgIpc) is 2.87. The fourth-order valence-electron chi connectivity index (χ4n) is 3.29. The first-order valence-electron chi connectivity index (χ1n) is 6.43. The van der Waals surface area contributed by atoms with Crippen molar-refractivity contribution in [1.82, 2.24) is 10.2 Å². The van der Waals surface area contributed by atoms with E-state index in [0.29, 0.717) is 6.04 Å². The highest BCUT2D eigenvalue weighted by Gasteiger charge is 2.41. The Kier molecular flexibility index (Phi) is 2.89. The molecule has 1 aromatic rings. The second-order valence-electron chi connectivity index (χ2n) is 5.38. The number of halogens is 1. The summed E-state index contributed by atoms with van der Waals surface area (Å²) >= 11 is 0. The number of nitrogens with one attached hydrogen (secondary N) is 1. The van der Waals surface area contributed by atoms with E-state index in [1.54, 1.807) is 12.1 Å². The lowest BCUT2D eigenvalue weighted by Crippen LogP contribution is -2.32. The summed E-state index contributed by atoms with van der Waals surface area (Å²) in [5, 5.41) is 3.47. The van der Waals surface area contributed by atoms with Gasteiger partial charge in [-0.25, -0.2) is 4.39 Å². The van der Waals surface area contributed by atoms with Crippen LogP contribution in [0.1, 0.15) is 12.5 Å². The summed E-state index contributed by atoms with van der Waals surface area (Å²) in [6.07, 6.45) is 0. The smallest absolute Gasteiger partial charge is 0.123 e. The molecule has 2 heterocycles. The summed E-state index contributed by atoms with van der Waals surface area (Å²) < 4.78 is 12.8. The van der Waals surface area contributed by atoms with Gasteiger partial charge in [-0.3, -0.25) is 4.90 Å². The number of likely N-dealkylation sites (tertiary alicyclic amines) is 1. The van der Waals surface area contributed by atoms with Crippen LogP contribution < -0.4 is 5.32 Å². The minimum absolute atomic E-state index is 0.149. The minimum atomic E-state index is -0.149. The van der Waals surface area contributed by atoms with E-state index < -0.39 is 0 Å². The molecule has 2 aliphatic heterocycles. The van der Waals surface area contributed by atoms with Gasteiger partial charge in [-0.15, -0.1) is 0 Å². The van der Waals surface area contributed by atoms with Crippen LogP contribution in [0, 0.1) is 17.7 Å². The van der Waals surface area contributed by atoms with Crippen molar-refractivity contribution in [3.8, 4) is 0 Å². The molecule has 3 heteroatoms. The van der Waals surface area contributed by atoms with Crippen LogP contribution in [0.15, 0.2) is 24.3 Å². The van der Waals surface area contributed by atoms with Crippen LogP contribution in [0.3, 0.4) is 0 Å². The number of rotatable bonds is 2. The van der Waals surface area contributed by atoms with Gasteiger partial charge in [0, 0.05) is 19.1 Å². The fraction of sp³-hybridized carbons (Fsp3) is 0.571. The van der Waals surface area contributed by atoms with Crippen LogP contribution in [0.25, 0.3) is 0 Å². The zero-order valence-corrected chi connectivity index (χ0v) is 10.2. The van der Waals surface area contributed by atoms with E-state index in [9.17, 15) is 4.39 Å². The third kappa shape index (κ3) is 2.09. The van der Waals surface area contributed by atoms with Crippen molar-refractivity contribution in [2.24, 2.45) is 11.8 Å². The molecule has 0 radical (unpaired) electrons. The molecule has 2 aliphatic rings. The van der Waals surface area contributed by atoms with Gasteiger partial charge in [-0.2, -0.15) is 0 Å². The Bertz CT molecular complexity index is 390. The molecule has 3 atom stereocenters. The summed E-state index contributed by atoms with van der Waals surface area (Å²) in [4.78, 5) is 2.53. The lowest BCUT2D eigenvalue weighted by atomic mass is 9.95. The molecule has 0 spiro atoms. The number of benzene rings is 1. The van der Waals surface area contributed by atoms with Gasteiger partial charge in [0.25, 0.3) is 0 Å². The Labute approximate surface area is 102 Å². The summed E-state index contributed by atoms with van der Waals surface area (Å²) in [5.74, 6) is 1.46. The summed E-state index contributed by atoms with van der Waals surface area (Å²) in [7, 11) is 0. The predicted molar refractivity (Wildman–Crippen MR) is 66.1 cm³/mol. The van der Waals surface area contributed by atoms with Crippen molar-refractivity contribution in [2.45, 2.75) is 19.5 Å². The topological polar surface area (TPSA) is 15.3 Å². The number of hydrogen-bond donors (Lipinski definition) is 1. The summed E-state index contributed by atoms with van der Waals surface area (Å²) in [6, 6.07) is 7.54. The Morgan fingerprint density at radius 1 is 1.29 bits per heavy atom. The molecular formula is C14H19FN2. The highest BCUT2D eigenvalue weighted by atomic mass is 19.1. The zero-order valence-electron chi connectivity index (χ0n) is 10.2. The van der Waals surface area contributed by atoms with E-state index in [2.05, 4.69) is 17.1 Å². The largest absolute Gasteiger partial charge is 0.316 e. The lowest BCUT2D eigenvalue weighted by Gasteiger charge is -2.24. The Hall–Kier alpha value is -0.930. The molecule has 92 valence electrons. The van der Waals surface area contributed by atoms with Crippen LogP contribution in [0.4, 0.5) is 4.39 Å². The van der Waals surface area contributed by atoms with Gasteiger partial charge < -0.3 is 5.32 Å². The molecule has 0 bridgehead atoms. The van der Waals surface area contributed by atoms with Crippen LogP contribution in [-0.2, 0) is 6.54 Å². The van der Waals surface area contributed by atoms with Gasteiger partial charge in [0.1, 0.15) is 5.82 Å². The molecule has 0 saturated carbocycles. The molecule has 3 unspecified atom stereocenters. The second-order valence-corrected chi connectivity index (χ2v) is 5.38. The Morgan fingerprint density at radius 3 is 2.76 bits per heavy atom. The van der Waals surface area contributed by atoms with Crippen molar-refractivity contribution in [3.05, 3.63) is 35.6 Å². The van der Waals surface area contributed by atoms with E-state index in [1.165, 1.54) is 12.1 Å². The maximum Gasteiger partial charge on any atom is 0.123 e. The van der Waals surface area contributed by atoms with E-state index >= 15 is 0 Å². The first-order chi connectivity index (χ1) is 8.24. The monoisotopic (exact) mass is 234 g/mol. The van der Waals surface area contributed by atoms with Gasteiger partial charge in [-0.1, -0.05) is 12.1 Å². The summed E-state index contributed by atoms with van der Waals surface area (Å²) in [5.41, 5.74) is 1.21. The van der Waals surface area contributed by atoms with Crippen LogP contribution in [0.2, 0.25) is 0 Å². The average molecular weight is 234 g/mol. The van der Waals surface area contributed by atoms with E-state index in [4.69, 9.17) is 0 Å². The second kappa shape index (κ2) is 4.39. The van der Waals surface area contributed by atoms with Crippen molar-refractivity contribution >= 4 is 0 Å². The SMILES string of the molecule is CC1C2CNCC2CN1Cc1ccc(F)cc1.